The van der Waals surface area contributed by atoms with E-state index in [0.717, 1.165) is 17.7 Å². The second-order valence-electron chi connectivity index (χ2n) is 5.23. The van der Waals surface area contributed by atoms with Crippen molar-refractivity contribution in [3.63, 3.8) is 0 Å². The Bertz CT molecular complexity index is 690. The maximum Gasteiger partial charge on any atom is 0.221 e. The molecule has 1 fully saturated rings. The molecule has 3 rings (SSSR count). The van der Waals surface area contributed by atoms with Gasteiger partial charge in [-0.25, -0.2) is 8.78 Å². The van der Waals surface area contributed by atoms with Crippen LogP contribution < -0.4 is 5.32 Å². The lowest BCUT2D eigenvalue weighted by atomic mass is 9.80. The second kappa shape index (κ2) is 5.65. The molecule has 2 heterocycles. The molecule has 0 saturated carbocycles. The van der Waals surface area contributed by atoms with E-state index in [2.05, 4.69) is 10.3 Å². The van der Waals surface area contributed by atoms with Crippen molar-refractivity contribution in [2.45, 2.75) is 23.8 Å². The summed E-state index contributed by atoms with van der Waals surface area (Å²) in [6.07, 6.45) is 3.82. The number of carbonyl (C=O) groups is 1. The number of nitrogens with zero attached hydrogens (tertiary/aromatic N) is 1. The lowest BCUT2D eigenvalue weighted by Crippen LogP contribution is -2.50. The first-order chi connectivity index (χ1) is 10.5. The van der Waals surface area contributed by atoms with Crippen LogP contribution in [0.2, 0.25) is 0 Å². The van der Waals surface area contributed by atoms with Crippen molar-refractivity contribution in [3.05, 3.63) is 65.5 Å². The summed E-state index contributed by atoms with van der Waals surface area (Å²) in [5, 5.41) is 2.56. The van der Waals surface area contributed by atoms with Crippen LogP contribution in [0.3, 0.4) is 0 Å². The molecule has 3 nitrogen and oxygen atoms in total. The van der Waals surface area contributed by atoms with Gasteiger partial charge in [0.1, 0.15) is 11.6 Å². The molecule has 22 heavy (non-hydrogen) atoms. The van der Waals surface area contributed by atoms with Crippen molar-refractivity contribution in [3.8, 4) is 0 Å². The first-order valence-electron chi connectivity index (χ1n) is 6.86. The number of aromatic nitrogens is 1. The summed E-state index contributed by atoms with van der Waals surface area (Å²) in [5.74, 6) is -2.39. The molecule has 0 bridgehead atoms. The number of piperidine rings is 1. The summed E-state index contributed by atoms with van der Waals surface area (Å²) in [4.78, 5) is 14.1. The molecule has 0 radical (unpaired) electrons. The molecular weight excluding hydrogens is 310 g/mol. The highest BCUT2D eigenvalue weighted by molar-refractivity contribution is 6.25. The van der Waals surface area contributed by atoms with Crippen LogP contribution in [0.15, 0.2) is 42.7 Å². The number of hydrogen-bond donors (Lipinski definition) is 1. The van der Waals surface area contributed by atoms with E-state index in [4.69, 9.17) is 11.6 Å². The quantitative estimate of drug-likeness (QED) is 0.680. The maximum absolute atomic E-state index is 14.2. The lowest BCUT2D eigenvalue weighted by Gasteiger charge is -2.40. The summed E-state index contributed by atoms with van der Waals surface area (Å²) < 4.78 is 28.4. The highest BCUT2D eigenvalue weighted by atomic mass is 35.5. The lowest BCUT2D eigenvalue weighted by molar-refractivity contribution is -0.124. The largest absolute Gasteiger partial charge is 0.333 e. The number of halogens is 3. The summed E-state index contributed by atoms with van der Waals surface area (Å²) >= 11 is 6.57. The Balaban J connectivity index is 2.15. The number of hydrogen-bond acceptors (Lipinski definition) is 2. The topological polar surface area (TPSA) is 42.0 Å². The number of rotatable bonds is 2. The summed E-state index contributed by atoms with van der Waals surface area (Å²) in [6.45, 7) is 0. The van der Waals surface area contributed by atoms with E-state index in [-0.39, 0.29) is 17.9 Å². The van der Waals surface area contributed by atoms with E-state index in [1.165, 1.54) is 6.07 Å². The number of carbonyl (C=O) groups excluding carboxylic acids is 1. The Morgan fingerprint density at radius 2 is 1.95 bits per heavy atom. The smallest absolute Gasteiger partial charge is 0.221 e. The Kier molecular flexibility index (Phi) is 3.83. The van der Waals surface area contributed by atoms with Crippen LogP contribution in [-0.2, 0) is 9.79 Å². The van der Waals surface area contributed by atoms with Crippen LogP contribution >= 0.6 is 11.6 Å². The highest BCUT2D eigenvalue weighted by Gasteiger charge is 2.47. The molecule has 2 unspecified atom stereocenters. The average Bonchev–Trinajstić information content (AvgIpc) is 2.47. The third-order valence-electron chi connectivity index (χ3n) is 3.87. The normalized spacial score (nSPS) is 24.9. The van der Waals surface area contributed by atoms with Crippen molar-refractivity contribution in [2.24, 2.45) is 0 Å². The SMILES string of the molecule is O=C1CCC(c2cccnc2)C(Cl)(c2c(F)cccc2F)N1. The van der Waals surface area contributed by atoms with E-state index in [0.29, 0.717) is 6.42 Å². The third-order valence-corrected chi connectivity index (χ3v) is 4.42. The van der Waals surface area contributed by atoms with Gasteiger partial charge in [-0.3, -0.25) is 9.78 Å². The van der Waals surface area contributed by atoms with Crippen molar-refractivity contribution in [2.75, 3.05) is 0 Å². The van der Waals surface area contributed by atoms with Crippen molar-refractivity contribution < 1.29 is 13.6 Å². The molecule has 6 heteroatoms. The molecule has 1 aromatic heterocycles. The Hall–Kier alpha value is -2.01. The first-order valence-corrected chi connectivity index (χ1v) is 7.24. The van der Waals surface area contributed by atoms with E-state index in [1.807, 2.05) is 0 Å². The fraction of sp³-hybridized carbons (Fsp3) is 0.250. The number of amides is 1. The van der Waals surface area contributed by atoms with Gasteiger partial charge in [-0.05, 0) is 30.2 Å². The predicted molar refractivity (Wildman–Crippen MR) is 78.2 cm³/mol. The number of pyridine rings is 1. The van der Waals surface area contributed by atoms with Gasteiger partial charge in [0, 0.05) is 24.7 Å². The van der Waals surface area contributed by atoms with Gasteiger partial charge < -0.3 is 5.32 Å². The monoisotopic (exact) mass is 322 g/mol. The van der Waals surface area contributed by atoms with E-state index in [9.17, 15) is 13.6 Å². The molecule has 1 aliphatic heterocycles. The zero-order chi connectivity index (χ0) is 15.7. The molecule has 114 valence electrons. The summed E-state index contributed by atoms with van der Waals surface area (Å²) in [5.41, 5.74) is 0.388. The van der Waals surface area contributed by atoms with Gasteiger partial charge in [-0.15, -0.1) is 0 Å². The fourth-order valence-electron chi connectivity index (χ4n) is 2.89. The Morgan fingerprint density at radius 3 is 2.59 bits per heavy atom. The summed E-state index contributed by atoms with van der Waals surface area (Å²) in [7, 11) is 0. The number of benzene rings is 1. The molecular formula is C16H13ClF2N2O. The van der Waals surface area contributed by atoms with Crippen molar-refractivity contribution >= 4 is 17.5 Å². The predicted octanol–water partition coefficient (Wildman–Crippen LogP) is 3.45. The average molecular weight is 323 g/mol. The maximum atomic E-state index is 14.2. The van der Waals surface area contributed by atoms with Gasteiger partial charge >= 0.3 is 0 Å². The van der Waals surface area contributed by atoms with Crippen molar-refractivity contribution in [1.29, 1.82) is 0 Å². The zero-order valence-electron chi connectivity index (χ0n) is 11.5. The van der Waals surface area contributed by atoms with Gasteiger partial charge in [-0.1, -0.05) is 23.7 Å². The molecule has 1 aliphatic rings. The highest BCUT2D eigenvalue weighted by Crippen LogP contribution is 2.47. The third kappa shape index (κ3) is 2.46. The molecule has 2 aromatic rings. The van der Waals surface area contributed by atoms with Gasteiger partial charge in [0.2, 0.25) is 5.91 Å². The first kappa shape index (κ1) is 14.9. The number of alkyl halides is 1. The van der Waals surface area contributed by atoms with Crippen LogP contribution in [0, 0.1) is 11.6 Å². The molecule has 1 aromatic carbocycles. The molecule has 0 aliphatic carbocycles. The van der Waals surface area contributed by atoms with Crippen molar-refractivity contribution in [1.82, 2.24) is 10.3 Å². The van der Waals surface area contributed by atoms with Gasteiger partial charge in [0.25, 0.3) is 0 Å². The fourth-order valence-corrected chi connectivity index (χ4v) is 3.41. The van der Waals surface area contributed by atoms with Crippen LogP contribution in [0.25, 0.3) is 0 Å². The molecule has 2 atom stereocenters. The van der Waals surface area contributed by atoms with Gasteiger partial charge in [0.15, 0.2) is 5.00 Å². The molecule has 1 N–H and O–H groups in total. The zero-order valence-corrected chi connectivity index (χ0v) is 12.3. The molecule has 1 amide bonds. The van der Waals surface area contributed by atoms with Crippen LogP contribution in [0.5, 0.6) is 0 Å². The van der Waals surface area contributed by atoms with Crippen LogP contribution in [0.4, 0.5) is 8.78 Å². The van der Waals surface area contributed by atoms with E-state index < -0.39 is 22.6 Å². The van der Waals surface area contributed by atoms with E-state index in [1.54, 1.807) is 24.5 Å². The Morgan fingerprint density at radius 1 is 1.23 bits per heavy atom. The van der Waals surface area contributed by atoms with Crippen LogP contribution in [-0.4, -0.2) is 10.9 Å². The Labute approximate surface area is 131 Å². The van der Waals surface area contributed by atoms with E-state index >= 15 is 0 Å². The minimum absolute atomic E-state index is 0.240. The van der Waals surface area contributed by atoms with Crippen LogP contribution in [0.1, 0.15) is 29.9 Å². The molecule has 1 saturated heterocycles. The standard InChI is InChI=1S/C16H13ClF2N2O/c17-16(15-12(18)4-1-5-13(15)19)11(6-7-14(22)21-16)10-3-2-8-20-9-10/h1-5,8-9,11H,6-7H2,(H,21,22). The van der Waals surface area contributed by atoms with Gasteiger partial charge in [-0.2, -0.15) is 0 Å². The minimum atomic E-state index is -1.67. The second-order valence-corrected chi connectivity index (χ2v) is 5.83. The molecule has 0 spiro atoms. The number of nitrogens with one attached hydrogen (secondary N) is 1. The minimum Gasteiger partial charge on any atom is -0.333 e. The summed E-state index contributed by atoms with van der Waals surface area (Å²) in [6, 6.07) is 7.02. The van der Waals surface area contributed by atoms with Gasteiger partial charge in [0.05, 0.1) is 5.56 Å².